The van der Waals surface area contributed by atoms with Gasteiger partial charge in [-0.05, 0) is 49.9 Å². The summed E-state index contributed by atoms with van der Waals surface area (Å²) < 4.78 is 20.1. The molecule has 1 saturated carbocycles. The molecule has 4 N–H and O–H groups in total. The van der Waals surface area contributed by atoms with Gasteiger partial charge in [-0.15, -0.1) is 0 Å². The van der Waals surface area contributed by atoms with E-state index in [-0.39, 0.29) is 37.0 Å². The van der Waals surface area contributed by atoms with Crippen LogP contribution >= 0.6 is 0 Å². The Kier molecular flexibility index (Phi) is 11.7. The molecule has 0 aromatic heterocycles. The molecule has 1 aliphatic carbocycles. The number of benzene rings is 1. The van der Waals surface area contributed by atoms with Crippen molar-refractivity contribution in [2.24, 2.45) is 11.8 Å². The second-order valence-corrected chi connectivity index (χ2v) is 10.2. The number of carbonyl (C=O) groups excluding carboxylic acids is 1. The number of carboxylic acid groups (broad SMARTS) is 1. The number of ether oxygens (including phenoxy) is 1. The van der Waals surface area contributed by atoms with Crippen LogP contribution in [0.2, 0.25) is 0 Å². The molecule has 0 bridgehead atoms. The number of rotatable bonds is 11. The number of amides is 3. The van der Waals surface area contributed by atoms with Crippen molar-refractivity contribution in [1.82, 2.24) is 20.9 Å². The van der Waals surface area contributed by atoms with Crippen LogP contribution in [-0.2, 0) is 4.74 Å². The van der Waals surface area contributed by atoms with Crippen LogP contribution in [0.4, 0.5) is 14.0 Å². The van der Waals surface area contributed by atoms with Gasteiger partial charge in [0.1, 0.15) is 5.82 Å². The lowest BCUT2D eigenvalue weighted by Crippen LogP contribution is -2.51. The molecule has 1 aromatic carbocycles. The number of carbonyl (C=O) groups is 2. The molecule has 1 aromatic rings. The molecule has 1 aliphatic heterocycles. The minimum atomic E-state index is -1.11. The molecule has 36 heavy (non-hydrogen) atoms. The van der Waals surface area contributed by atoms with E-state index in [1.807, 2.05) is 18.0 Å². The number of likely N-dealkylation sites (tertiary alicyclic amines) is 1. The van der Waals surface area contributed by atoms with Crippen molar-refractivity contribution >= 4 is 12.1 Å². The SMILES string of the molecule is CNC[C@H](CC1CCCCCC1)NC(=O)N1CCC[C@@H](C(OCCNC(=O)O)c2cccc(F)c2)C1. The van der Waals surface area contributed by atoms with Gasteiger partial charge in [0.2, 0.25) is 0 Å². The van der Waals surface area contributed by atoms with E-state index in [0.29, 0.717) is 24.6 Å². The van der Waals surface area contributed by atoms with Crippen molar-refractivity contribution in [3.63, 3.8) is 0 Å². The number of likely N-dealkylation sites (N-methyl/N-ethyl adjacent to an activating group) is 1. The van der Waals surface area contributed by atoms with Crippen LogP contribution in [0.1, 0.15) is 69.5 Å². The van der Waals surface area contributed by atoms with E-state index in [4.69, 9.17) is 9.84 Å². The topological polar surface area (TPSA) is 103 Å². The number of hydrogen-bond acceptors (Lipinski definition) is 4. The molecule has 3 rings (SSSR count). The first-order chi connectivity index (χ1) is 17.5. The summed E-state index contributed by atoms with van der Waals surface area (Å²) >= 11 is 0. The second kappa shape index (κ2) is 15.0. The Morgan fingerprint density at radius 1 is 1.17 bits per heavy atom. The van der Waals surface area contributed by atoms with Gasteiger partial charge in [0, 0.05) is 38.1 Å². The fraction of sp³-hybridized carbons (Fsp3) is 0.704. The molecule has 0 radical (unpaired) electrons. The van der Waals surface area contributed by atoms with E-state index in [1.165, 1.54) is 50.7 Å². The van der Waals surface area contributed by atoms with E-state index >= 15 is 0 Å². The zero-order valence-electron chi connectivity index (χ0n) is 21.5. The molecule has 2 fully saturated rings. The fourth-order valence-electron chi connectivity index (χ4n) is 5.68. The summed E-state index contributed by atoms with van der Waals surface area (Å²) in [6.07, 6.45) is 8.81. The largest absolute Gasteiger partial charge is 0.465 e. The van der Waals surface area contributed by atoms with Crippen LogP contribution in [0.3, 0.4) is 0 Å². The zero-order chi connectivity index (χ0) is 25.8. The van der Waals surface area contributed by atoms with Crippen LogP contribution < -0.4 is 16.0 Å². The Morgan fingerprint density at radius 3 is 2.64 bits per heavy atom. The van der Waals surface area contributed by atoms with Crippen LogP contribution in [0, 0.1) is 17.7 Å². The van der Waals surface area contributed by atoms with Crippen LogP contribution in [-0.4, -0.2) is 68.0 Å². The number of piperidine rings is 1. The summed E-state index contributed by atoms with van der Waals surface area (Å²) in [7, 11) is 1.92. The molecule has 9 heteroatoms. The van der Waals surface area contributed by atoms with Crippen molar-refractivity contribution in [1.29, 1.82) is 0 Å². The van der Waals surface area contributed by atoms with Gasteiger partial charge < -0.3 is 30.7 Å². The van der Waals surface area contributed by atoms with Crippen molar-refractivity contribution in [3.05, 3.63) is 35.6 Å². The first-order valence-electron chi connectivity index (χ1n) is 13.5. The predicted molar refractivity (Wildman–Crippen MR) is 137 cm³/mol. The summed E-state index contributed by atoms with van der Waals surface area (Å²) in [5.41, 5.74) is 0.707. The van der Waals surface area contributed by atoms with Crippen LogP contribution in [0.25, 0.3) is 0 Å². The smallest absolute Gasteiger partial charge is 0.404 e. The number of halogens is 1. The van der Waals surface area contributed by atoms with Gasteiger partial charge in [-0.2, -0.15) is 0 Å². The normalized spacial score (nSPS) is 20.8. The Bertz CT molecular complexity index is 819. The average Bonchev–Trinajstić information content (AvgIpc) is 3.13. The van der Waals surface area contributed by atoms with Gasteiger partial charge in [-0.25, -0.2) is 14.0 Å². The zero-order valence-corrected chi connectivity index (χ0v) is 21.5. The Labute approximate surface area is 214 Å². The van der Waals surface area contributed by atoms with Gasteiger partial charge in [0.05, 0.1) is 12.7 Å². The van der Waals surface area contributed by atoms with Gasteiger partial charge in [-0.3, -0.25) is 0 Å². The van der Waals surface area contributed by atoms with E-state index in [1.54, 1.807) is 6.07 Å². The van der Waals surface area contributed by atoms with Crippen LogP contribution in [0.15, 0.2) is 24.3 Å². The third kappa shape index (κ3) is 9.24. The molecule has 1 saturated heterocycles. The second-order valence-electron chi connectivity index (χ2n) is 10.2. The molecule has 1 heterocycles. The highest BCUT2D eigenvalue weighted by atomic mass is 19.1. The fourth-order valence-corrected chi connectivity index (χ4v) is 5.68. The van der Waals surface area contributed by atoms with E-state index in [9.17, 15) is 14.0 Å². The first-order valence-corrected chi connectivity index (χ1v) is 13.5. The van der Waals surface area contributed by atoms with Crippen molar-refractivity contribution in [2.45, 2.75) is 69.9 Å². The lowest BCUT2D eigenvalue weighted by molar-refractivity contribution is -0.00866. The van der Waals surface area contributed by atoms with Crippen molar-refractivity contribution in [2.75, 3.05) is 39.8 Å². The molecule has 1 unspecified atom stereocenters. The van der Waals surface area contributed by atoms with Gasteiger partial charge >= 0.3 is 12.1 Å². The maximum Gasteiger partial charge on any atom is 0.404 e. The molecule has 3 amide bonds. The molecule has 202 valence electrons. The third-order valence-corrected chi connectivity index (χ3v) is 7.40. The lowest BCUT2D eigenvalue weighted by Gasteiger charge is -2.38. The molecule has 2 aliphatic rings. The van der Waals surface area contributed by atoms with E-state index in [0.717, 1.165) is 25.8 Å². The number of hydrogen-bond donors (Lipinski definition) is 4. The van der Waals surface area contributed by atoms with Crippen LogP contribution in [0.5, 0.6) is 0 Å². The number of urea groups is 1. The Balaban J connectivity index is 1.62. The van der Waals surface area contributed by atoms with Gasteiger partial charge in [-0.1, -0.05) is 50.7 Å². The molecular formula is C27H43FN4O4. The predicted octanol–water partition coefficient (Wildman–Crippen LogP) is 4.52. The van der Waals surface area contributed by atoms with E-state index in [2.05, 4.69) is 16.0 Å². The Morgan fingerprint density at radius 2 is 1.94 bits per heavy atom. The lowest BCUT2D eigenvalue weighted by atomic mass is 9.88. The highest BCUT2D eigenvalue weighted by molar-refractivity contribution is 5.74. The monoisotopic (exact) mass is 506 g/mol. The highest BCUT2D eigenvalue weighted by Crippen LogP contribution is 2.33. The third-order valence-electron chi connectivity index (χ3n) is 7.40. The molecule has 0 spiro atoms. The minimum absolute atomic E-state index is 0.0132. The van der Waals surface area contributed by atoms with E-state index < -0.39 is 12.2 Å². The standard InChI is InChI=1S/C27H43FN4O4/c1-29-18-24(16-20-8-4-2-3-5-9-20)31-26(33)32-14-7-11-22(19-32)25(36-15-13-30-27(34)35)21-10-6-12-23(28)17-21/h6,10,12,17,20,22,24-25,29-30H,2-5,7-9,11,13-16,18-19H2,1H3,(H,31,33)(H,34,35)/t22-,24+,25?/m1/s1. The quantitative estimate of drug-likeness (QED) is 0.261. The average molecular weight is 507 g/mol. The molecule has 3 atom stereocenters. The maximum absolute atomic E-state index is 14.0. The number of nitrogens with one attached hydrogen (secondary N) is 3. The van der Waals surface area contributed by atoms with Gasteiger partial charge in [0.25, 0.3) is 0 Å². The van der Waals surface area contributed by atoms with Gasteiger partial charge in [0.15, 0.2) is 0 Å². The van der Waals surface area contributed by atoms with Crippen molar-refractivity contribution < 1.29 is 23.8 Å². The molecular weight excluding hydrogens is 463 g/mol. The highest BCUT2D eigenvalue weighted by Gasteiger charge is 2.32. The Hall–Kier alpha value is -2.39. The molecule has 8 nitrogen and oxygen atoms in total. The summed E-state index contributed by atoms with van der Waals surface area (Å²) in [6, 6.07) is 6.36. The maximum atomic E-state index is 14.0. The minimum Gasteiger partial charge on any atom is -0.465 e. The summed E-state index contributed by atoms with van der Waals surface area (Å²) in [5.74, 6) is 0.301. The summed E-state index contributed by atoms with van der Waals surface area (Å²) in [5, 5.41) is 17.6. The number of nitrogens with zero attached hydrogens (tertiary/aromatic N) is 1. The summed E-state index contributed by atoms with van der Waals surface area (Å²) in [4.78, 5) is 25.9. The first kappa shape index (κ1) is 28.2. The van der Waals surface area contributed by atoms with Crippen molar-refractivity contribution in [3.8, 4) is 0 Å². The summed E-state index contributed by atoms with van der Waals surface area (Å²) in [6.45, 7) is 2.24.